The van der Waals surface area contributed by atoms with Gasteiger partial charge in [0.2, 0.25) is 0 Å². The molecule has 0 radical (unpaired) electrons. The van der Waals surface area contributed by atoms with Crippen molar-refractivity contribution in [3.8, 4) is 0 Å². The van der Waals surface area contributed by atoms with Crippen LogP contribution < -0.4 is 0 Å². The zero-order valence-corrected chi connectivity index (χ0v) is 22.4. The average Bonchev–Trinajstić information content (AvgIpc) is 2.41. The standard InChI is InChI=1S/C11H8.3C5H11.Ta/c1-9-5-4-7-10-6-2-3-8-11(9)10;3*1-5(2,3)4;/h1-8H;3*1H2,2-4H3;. The van der Waals surface area contributed by atoms with Crippen molar-refractivity contribution in [3.63, 3.8) is 0 Å². The second-order valence-corrected chi connectivity index (χ2v) is 25.2. The molecule has 0 nitrogen and oxygen atoms in total. The van der Waals surface area contributed by atoms with Gasteiger partial charge < -0.3 is 0 Å². The van der Waals surface area contributed by atoms with Crippen LogP contribution in [0, 0.1) is 16.2 Å². The SMILES string of the molecule is CC(C)(C)[CH2][Ta](=[CH]c1cccc2ccccc12)([CH2]C(C)(C)C)[CH2]C(C)(C)C. The van der Waals surface area contributed by atoms with Crippen molar-refractivity contribution in [2.75, 3.05) is 0 Å². The van der Waals surface area contributed by atoms with E-state index in [1.54, 1.807) is 0 Å². The van der Waals surface area contributed by atoms with E-state index < -0.39 is 16.7 Å². The molecule has 2 rings (SSSR count). The second-order valence-electron chi connectivity index (χ2n) is 12.1. The molecular formula is C26H41Ta. The summed E-state index contributed by atoms with van der Waals surface area (Å²) in [6.07, 6.45) is 0. The van der Waals surface area contributed by atoms with E-state index >= 15 is 0 Å². The minimum atomic E-state index is -2.71. The third kappa shape index (κ3) is 7.33. The van der Waals surface area contributed by atoms with E-state index in [0.717, 1.165) is 0 Å². The molecule has 2 aromatic carbocycles. The fraction of sp³-hybridized carbons (Fsp3) is 0.577. The molecule has 150 valence electrons. The maximum atomic E-state index is 2.85. The van der Waals surface area contributed by atoms with Crippen LogP contribution in [-0.2, 0) is 16.7 Å². The van der Waals surface area contributed by atoms with Crippen LogP contribution in [0.25, 0.3) is 10.8 Å². The van der Waals surface area contributed by atoms with Crippen LogP contribution in [-0.4, -0.2) is 4.23 Å². The molecule has 0 atom stereocenters. The molecule has 0 aromatic heterocycles. The van der Waals surface area contributed by atoms with E-state index in [1.165, 1.54) is 30.3 Å². The van der Waals surface area contributed by atoms with Crippen LogP contribution in [0.15, 0.2) is 42.5 Å². The summed E-state index contributed by atoms with van der Waals surface area (Å²) in [4.78, 5) is 0. The van der Waals surface area contributed by atoms with Gasteiger partial charge in [-0.25, -0.2) is 0 Å². The first-order chi connectivity index (χ1) is 12.2. The fourth-order valence-electron chi connectivity index (χ4n) is 4.80. The van der Waals surface area contributed by atoms with Gasteiger partial charge in [0, 0.05) is 0 Å². The van der Waals surface area contributed by atoms with Crippen LogP contribution >= 0.6 is 0 Å². The van der Waals surface area contributed by atoms with E-state index in [2.05, 4.69) is 109 Å². The molecule has 0 aliphatic carbocycles. The van der Waals surface area contributed by atoms with Gasteiger partial charge in [0.25, 0.3) is 0 Å². The summed E-state index contributed by atoms with van der Waals surface area (Å²) in [7, 11) is 0. The van der Waals surface area contributed by atoms with Gasteiger partial charge in [0.05, 0.1) is 0 Å². The van der Waals surface area contributed by atoms with E-state index in [9.17, 15) is 0 Å². The molecule has 0 aliphatic rings. The van der Waals surface area contributed by atoms with Crippen LogP contribution in [0.3, 0.4) is 0 Å². The topological polar surface area (TPSA) is 0 Å². The summed E-state index contributed by atoms with van der Waals surface area (Å²) >= 11 is -2.71. The van der Waals surface area contributed by atoms with Crippen molar-refractivity contribution in [1.29, 1.82) is 0 Å². The third-order valence-electron chi connectivity index (χ3n) is 4.60. The van der Waals surface area contributed by atoms with Gasteiger partial charge in [-0.2, -0.15) is 0 Å². The number of benzene rings is 2. The Kier molecular flexibility index (Phi) is 6.67. The van der Waals surface area contributed by atoms with Gasteiger partial charge in [0.1, 0.15) is 0 Å². The van der Waals surface area contributed by atoms with E-state index in [0.29, 0.717) is 16.2 Å². The normalized spacial score (nSPS) is 13.8. The number of hydrogen-bond acceptors (Lipinski definition) is 0. The molecular weight excluding hydrogens is 493 g/mol. The summed E-state index contributed by atoms with van der Waals surface area (Å²) in [5.41, 5.74) is 2.64. The van der Waals surface area contributed by atoms with Crippen molar-refractivity contribution in [1.82, 2.24) is 0 Å². The quantitative estimate of drug-likeness (QED) is 0.369. The zero-order valence-electron chi connectivity index (χ0n) is 19.2. The predicted molar refractivity (Wildman–Crippen MR) is 122 cm³/mol. The number of fused-ring (bicyclic) bond motifs is 1. The Hall–Kier alpha value is -0.690. The monoisotopic (exact) mass is 534 g/mol. The van der Waals surface area contributed by atoms with Gasteiger partial charge in [-0.15, -0.1) is 0 Å². The molecule has 0 saturated heterocycles. The van der Waals surface area contributed by atoms with Crippen LogP contribution in [0.1, 0.15) is 67.9 Å². The third-order valence-corrected chi connectivity index (χ3v) is 24.6. The summed E-state index contributed by atoms with van der Waals surface area (Å²) in [5.74, 6) is 0. The molecule has 0 heterocycles. The molecule has 0 amide bonds. The summed E-state index contributed by atoms with van der Waals surface area (Å²) in [5, 5.41) is 2.80. The Morgan fingerprint density at radius 3 is 1.56 bits per heavy atom. The molecule has 0 N–H and O–H groups in total. The van der Waals surface area contributed by atoms with Gasteiger partial charge in [0.15, 0.2) is 0 Å². The number of hydrogen-bond donors (Lipinski definition) is 0. The maximum absolute atomic E-state index is 2.85. The Balaban J connectivity index is 2.76. The molecule has 0 bridgehead atoms. The summed E-state index contributed by atoms with van der Waals surface area (Å²) < 4.78 is 7.12. The molecule has 1 heteroatoms. The van der Waals surface area contributed by atoms with Crippen molar-refractivity contribution in [2.45, 2.75) is 76.2 Å². The first kappa shape index (κ1) is 22.6. The van der Waals surface area contributed by atoms with Crippen LogP contribution in [0.2, 0.25) is 13.9 Å². The first-order valence-corrected chi connectivity index (χ1v) is 19.0. The molecule has 2 aromatic rings. The van der Waals surface area contributed by atoms with E-state index in [-0.39, 0.29) is 0 Å². The molecule has 0 aliphatic heterocycles. The van der Waals surface area contributed by atoms with Gasteiger partial charge in [-0.3, -0.25) is 0 Å². The van der Waals surface area contributed by atoms with Crippen molar-refractivity contribution >= 4 is 15.0 Å². The van der Waals surface area contributed by atoms with Crippen LogP contribution in [0.5, 0.6) is 0 Å². The van der Waals surface area contributed by atoms with Gasteiger partial charge in [-0.05, 0) is 0 Å². The fourth-order valence-corrected chi connectivity index (χ4v) is 30.3. The Labute approximate surface area is 171 Å². The minimum absolute atomic E-state index is 0.385. The van der Waals surface area contributed by atoms with E-state index in [1.807, 2.05) is 0 Å². The summed E-state index contributed by atoms with van der Waals surface area (Å²) in [6.45, 7) is 22.0. The Morgan fingerprint density at radius 2 is 1.07 bits per heavy atom. The molecule has 0 unspecified atom stereocenters. The molecule has 0 saturated carbocycles. The van der Waals surface area contributed by atoms with Crippen molar-refractivity contribution in [2.24, 2.45) is 16.2 Å². The first-order valence-electron chi connectivity index (χ1n) is 10.4. The molecule has 0 fully saturated rings. The Bertz CT molecular complexity index is 767. The van der Waals surface area contributed by atoms with E-state index in [4.69, 9.17) is 0 Å². The van der Waals surface area contributed by atoms with Crippen molar-refractivity contribution in [3.05, 3.63) is 48.0 Å². The predicted octanol–water partition coefficient (Wildman–Crippen LogP) is 8.54. The van der Waals surface area contributed by atoms with Crippen molar-refractivity contribution < 1.29 is 16.7 Å². The van der Waals surface area contributed by atoms with Gasteiger partial charge in [-0.1, -0.05) is 0 Å². The second kappa shape index (κ2) is 7.97. The molecule has 0 spiro atoms. The summed E-state index contributed by atoms with van der Waals surface area (Å²) in [6, 6.07) is 15.8. The average molecular weight is 535 g/mol. The molecule has 27 heavy (non-hydrogen) atoms. The van der Waals surface area contributed by atoms with Gasteiger partial charge >= 0.3 is 172 Å². The Morgan fingerprint density at radius 1 is 0.630 bits per heavy atom. The number of rotatable bonds is 4. The van der Waals surface area contributed by atoms with Crippen LogP contribution in [0.4, 0.5) is 0 Å². The zero-order chi connectivity index (χ0) is 20.5.